The number of hydrogen-bond acceptors (Lipinski definition) is 3. The molecule has 1 saturated heterocycles. The maximum Gasteiger partial charge on any atom is 0.263 e. The molecule has 134 valence electrons. The predicted octanol–water partition coefficient (Wildman–Crippen LogP) is 3.26. The molecule has 0 unspecified atom stereocenters. The van der Waals surface area contributed by atoms with Crippen molar-refractivity contribution in [3.63, 3.8) is 0 Å². The summed E-state index contributed by atoms with van der Waals surface area (Å²) in [5.41, 5.74) is 2.91. The Hall–Kier alpha value is -2.96. The van der Waals surface area contributed by atoms with Crippen LogP contribution in [0.5, 0.6) is 0 Å². The molecule has 2 amide bonds. The Bertz CT molecular complexity index is 1090. The van der Waals surface area contributed by atoms with Crippen molar-refractivity contribution in [2.24, 2.45) is 0 Å². The monoisotopic (exact) mass is 395 g/mol. The van der Waals surface area contributed by atoms with Gasteiger partial charge in [-0.15, -0.1) is 0 Å². The minimum absolute atomic E-state index is 0.0207. The molecule has 2 N–H and O–H groups in total. The summed E-state index contributed by atoms with van der Waals surface area (Å²) in [6.45, 7) is 0.642. The third-order valence-electron chi connectivity index (χ3n) is 4.33. The van der Waals surface area contributed by atoms with Crippen molar-refractivity contribution < 1.29 is 9.59 Å². The van der Waals surface area contributed by atoms with Crippen LogP contribution in [0.25, 0.3) is 17.0 Å². The standard InChI is InChI=1S/C20H14ClN3O2S/c21-14-7-5-12(6-8-14)10-24-11-13(15-3-1-2-4-17(15)24)9-16-18(25)22-20(27)23-19(16)26/h1-9,11H,10H2,(H2,22,23,25,26,27). The van der Waals surface area contributed by atoms with Gasteiger partial charge in [0.1, 0.15) is 5.57 Å². The zero-order chi connectivity index (χ0) is 19.0. The van der Waals surface area contributed by atoms with Gasteiger partial charge in [-0.2, -0.15) is 0 Å². The van der Waals surface area contributed by atoms with Crippen LogP contribution in [0.2, 0.25) is 5.02 Å². The van der Waals surface area contributed by atoms with Crippen molar-refractivity contribution >= 4 is 57.7 Å². The van der Waals surface area contributed by atoms with E-state index >= 15 is 0 Å². The highest BCUT2D eigenvalue weighted by atomic mass is 35.5. The van der Waals surface area contributed by atoms with E-state index < -0.39 is 11.8 Å². The van der Waals surface area contributed by atoms with Gasteiger partial charge >= 0.3 is 0 Å². The normalized spacial score (nSPS) is 14.3. The van der Waals surface area contributed by atoms with E-state index in [0.717, 1.165) is 22.0 Å². The van der Waals surface area contributed by atoms with Gasteiger partial charge in [0.15, 0.2) is 5.11 Å². The van der Waals surface area contributed by atoms with Gasteiger partial charge in [-0.25, -0.2) is 0 Å². The summed E-state index contributed by atoms with van der Waals surface area (Å²) in [6.07, 6.45) is 3.52. The lowest BCUT2D eigenvalue weighted by Crippen LogP contribution is -2.51. The van der Waals surface area contributed by atoms with Crippen LogP contribution in [0.15, 0.2) is 60.3 Å². The van der Waals surface area contributed by atoms with Crippen molar-refractivity contribution in [2.75, 3.05) is 0 Å². The lowest BCUT2D eigenvalue weighted by atomic mass is 10.1. The Morgan fingerprint density at radius 1 is 1.00 bits per heavy atom. The third kappa shape index (κ3) is 3.49. The second-order valence-electron chi connectivity index (χ2n) is 6.15. The van der Waals surface area contributed by atoms with E-state index in [1.165, 1.54) is 0 Å². The molecule has 0 aliphatic carbocycles. The number of amides is 2. The summed E-state index contributed by atoms with van der Waals surface area (Å²) in [5, 5.41) is 6.57. The maximum absolute atomic E-state index is 12.1. The summed E-state index contributed by atoms with van der Waals surface area (Å²) in [4.78, 5) is 24.3. The molecule has 0 bridgehead atoms. The highest BCUT2D eigenvalue weighted by molar-refractivity contribution is 7.80. The SMILES string of the molecule is O=C1NC(=S)NC(=O)C1=Cc1cn(Cc2ccc(Cl)cc2)c2ccccc12. The highest BCUT2D eigenvalue weighted by Crippen LogP contribution is 2.25. The molecule has 4 rings (SSSR count). The molecule has 1 fully saturated rings. The van der Waals surface area contributed by atoms with Crippen LogP contribution < -0.4 is 10.6 Å². The van der Waals surface area contributed by atoms with E-state index in [-0.39, 0.29) is 10.7 Å². The van der Waals surface area contributed by atoms with Gasteiger partial charge in [0.05, 0.1) is 0 Å². The lowest BCUT2D eigenvalue weighted by molar-refractivity contribution is -0.123. The topological polar surface area (TPSA) is 63.1 Å². The number of halogens is 1. The fourth-order valence-electron chi connectivity index (χ4n) is 3.07. The zero-order valence-corrected chi connectivity index (χ0v) is 15.6. The number of thiocarbonyl (C=S) groups is 1. The van der Waals surface area contributed by atoms with Gasteiger partial charge in [-0.1, -0.05) is 41.9 Å². The molecule has 1 aromatic heterocycles. The Labute approximate surface area is 165 Å². The van der Waals surface area contributed by atoms with Gasteiger partial charge in [0.25, 0.3) is 11.8 Å². The number of para-hydroxylation sites is 1. The van der Waals surface area contributed by atoms with Crippen LogP contribution in [0.3, 0.4) is 0 Å². The first-order valence-corrected chi connectivity index (χ1v) is 9.00. The summed E-state index contributed by atoms with van der Waals surface area (Å²) in [7, 11) is 0. The zero-order valence-electron chi connectivity index (χ0n) is 14.0. The first-order valence-electron chi connectivity index (χ1n) is 8.22. The van der Waals surface area contributed by atoms with Crippen LogP contribution in [0.4, 0.5) is 0 Å². The third-order valence-corrected chi connectivity index (χ3v) is 4.78. The van der Waals surface area contributed by atoms with Gasteiger partial charge in [-0.05, 0) is 42.1 Å². The molecule has 2 heterocycles. The molecule has 0 radical (unpaired) electrons. The van der Waals surface area contributed by atoms with Crippen molar-refractivity contribution in [3.8, 4) is 0 Å². The number of nitrogens with one attached hydrogen (secondary N) is 2. The molecule has 0 spiro atoms. The van der Waals surface area contributed by atoms with Crippen LogP contribution in [0, 0.1) is 0 Å². The smallest absolute Gasteiger partial charge is 0.263 e. The van der Waals surface area contributed by atoms with E-state index in [2.05, 4.69) is 15.2 Å². The first kappa shape index (κ1) is 17.5. The van der Waals surface area contributed by atoms with Crippen LogP contribution in [-0.2, 0) is 16.1 Å². The van der Waals surface area contributed by atoms with Gasteiger partial charge < -0.3 is 4.57 Å². The molecule has 3 aromatic rings. The summed E-state index contributed by atoms with van der Waals surface area (Å²) in [5.74, 6) is -1.00. The maximum atomic E-state index is 12.1. The molecule has 7 heteroatoms. The highest BCUT2D eigenvalue weighted by Gasteiger charge is 2.26. The fraction of sp³-hybridized carbons (Fsp3) is 0.0500. The largest absolute Gasteiger partial charge is 0.342 e. The molecule has 27 heavy (non-hydrogen) atoms. The second kappa shape index (κ2) is 6.98. The van der Waals surface area contributed by atoms with Crippen LogP contribution >= 0.6 is 23.8 Å². The van der Waals surface area contributed by atoms with E-state index in [4.69, 9.17) is 23.8 Å². The number of aromatic nitrogens is 1. The average Bonchev–Trinajstić information content (AvgIpc) is 2.98. The lowest BCUT2D eigenvalue weighted by Gasteiger charge is -2.16. The van der Waals surface area contributed by atoms with E-state index in [1.54, 1.807) is 6.08 Å². The Kier molecular flexibility index (Phi) is 4.51. The molecule has 0 saturated carbocycles. The Balaban J connectivity index is 1.77. The molecule has 2 aromatic carbocycles. The van der Waals surface area contributed by atoms with Crippen molar-refractivity contribution in [1.29, 1.82) is 0 Å². The molecule has 5 nitrogen and oxygen atoms in total. The number of hydrogen-bond donors (Lipinski definition) is 2. The van der Waals surface area contributed by atoms with E-state index in [1.807, 2.05) is 54.7 Å². The molecule has 1 aliphatic heterocycles. The minimum Gasteiger partial charge on any atom is -0.342 e. The predicted molar refractivity (Wildman–Crippen MR) is 109 cm³/mol. The Morgan fingerprint density at radius 2 is 1.67 bits per heavy atom. The van der Waals surface area contributed by atoms with Crippen LogP contribution in [0.1, 0.15) is 11.1 Å². The van der Waals surface area contributed by atoms with Crippen molar-refractivity contribution in [1.82, 2.24) is 15.2 Å². The number of benzene rings is 2. The van der Waals surface area contributed by atoms with Crippen LogP contribution in [-0.4, -0.2) is 21.5 Å². The van der Waals surface area contributed by atoms with Gasteiger partial charge in [-0.3, -0.25) is 20.2 Å². The van der Waals surface area contributed by atoms with Crippen molar-refractivity contribution in [2.45, 2.75) is 6.54 Å². The summed E-state index contributed by atoms with van der Waals surface area (Å²) < 4.78 is 2.08. The fourth-order valence-corrected chi connectivity index (χ4v) is 3.38. The second-order valence-corrected chi connectivity index (χ2v) is 7.00. The average molecular weight is 396 g/mol. The number of fused-ring (bicyclic) bond motifs is 1. The molecule has 1 aliphatic rings. The number of rotatable bonds is 3. The quantitative estimate of drug-likeness (QED) is 0.406. The number of nitrogens with zero attached hydrogens (tertiary/aromatic N) is 1. The van der Waals surface area contributed by atoms with E-state index in [9.17, 15) is 9.59 Å². The molecule has 0 atom stereocenters. The Morgan fingerprint density at radius 3 is 2.37 bits per heavy atom. The van der Waals surface area contributed by atoms with E-state index in [0.29, 0.717) is 11.6 Å². The molecular weight excluding hydrogens is 382 g/mol. The van der Waals surface area contributed by atoms with Gasteiger partial charge in [0, 0.05) is 34.2 Å². The van der Waals surface area contributed by atoms with Crippen molar-refractivity contribution in [3.05, 3.63) is 76.5 Å². The first-order chi connectivity index (χ1) is 13.0. The summed E-state index contributed by atoms with van der Waals surface area (Å²) in [6, 6.07) is 15.5. The molecular formula is C20H14ClN3O2S. The number of carbonyl (C=O) groups excluding carboxylic acids is 2. The van der Waals surface area contributed by atoms with Gasteiger partial charge in [0.2, 0.25) is 0 Å². The summed E-state index contributed by atoms with van der Waals surface area (Å²) >= 11 is 10.8. The minimum atomic E-state index is -0.502. The number of carbonyl (C=O) groups is 2.